The summed E-state index contributed by atoms with van der Waals surface area (Å²) in [6.07, 6.45) is 6.67. The van der Waals surface area contributed by atoms with E-state index in [2.05, 4.69) is 85.5 Å². The summed E-state index contributed by atoms with van der Waals surface area (Å²) in [5, 5.41) is 0.740. The van der Waals surface area contributed by atoms with Crippen LogP contribution < -0.4 is 0 Å². The highest BCUT2D eigenvalue weighted by molar-refractivity contribution is 7.99. The first-order valence-electron chi connectivity index (χ1n) is 13.4. The maximum Gasteiger partial charge on any atom is 0.256 e. The van der Waals surface area contributed by atoms with Crippen LogP contribution in [0.1, 0.15) is 36.8 Å². The highest BCUT2D eigenvalue weighted by Crippen LogP contribution is 2.52. The van der Waals surface area contributed by atoms with Gasteiger partial charge in [-0.2, -0.15) is 0 Å². The number of allylic oxidation sites excluding steroid dienone is 1. The van der Waals surface area contributed by atoms with E-state index in [1.54, 1.807) is 11.8 Å². The lowest BCUT2D eigenvalue weighted by atomic mass is 9.74. The zero-order valence-electron chi connectivity index (χ0n) is 21.5. The van der Waals surface area contributed by atoms with Crippen molar-refractivity contribution in [2.45, 2.75) is 36.3 Å². The molecule has 4 aromatic carbocycles. The molecular formula is C35H31NOS. The number of fused-ring (bicyclic) bond motifs is 3. The molecule has 0 unspecified atom stereocenters. The van der Waals surface area contributed by atoms with E-state index in [1.165, 1.54) is 22.3 Å². The number of aromatic nitrogens is 1. The summed E-state index contributed by atoms with van der Waals surface area (Å²) in [7, 11) is 0. The summed E-state index contributed by atoms with van der Waals surface area (Å²) in [5.74, 6) is 1.82. The van der Waals surface area contributed by atoms with Gasteiger partial charge in [-0.3, -0.25) is 0 Å². The van der Waals surface area contributed by atoms with Crippen LogP contribution in [-0.4, -0.2) is 10.7 Å². The summed E-state index contributed by atoms with van der Waals surface area (Å²) < 4.78 is 6.29. The van der Waals surface area contributed by atoms with Gasteiger partial charge in [0.15, 0.2) is 5.76 Å². The quantitative estimate of drug-likeness (QED) is 0.106. The molecule has 38 heavy (non-hydrogen) atoms. The Morgan fingerprint density at radius 1 is 0.684 bits per heavy atom. The van der Waals surface area contributed by atoms with Crippen molar-refractivity contribution < 1.29 is 4.42 Å². The van der Waals surface area contributed by atoms with Gasteiger partial charge in [0.2, 0.25) is 0 Å². The molecule has 0 fully saturated rings. The van der Waals surface area contributed by atoms with Gasteiger partial charge in [0, 0.05) is 22.3 Å². The lowest BCUT2D eigenvalue weighted by Crippen LogP contribution is -2.22. The molecule has 0 spiro atoms. The highest BCUT2D eigenvalue weighted by atomic mass is 32.2. The van der Waals surface area contributed by atoms with Crippen LogP contribution in [0.3, 0.4) is 0 Å². The van der Waals surface area contributed by atoms with E-state index in [0.717, 1.165) is 59.2 Å². The molecule has 188 valence electrons. The van der Waals surface area contributed by atoms with Crippen molar-refractivity contribution >= 4 is 11.8 Å². The van der Waals surface area contributed by atoms with E-state index in [4.69, 9.17) is 9.40 Å². The predicted octanol–water partition coefficient (Wildman–Crippen LogP) is 9.81. The summed E-state index contributed by atoms with van der Waals surface area (Å²) in [6, 6.07) is 38.2. The van der Waals surface area contributed by atoms with Gasteiger partial charge in [-0.25, -0.2) is 4.98 Å². The minimum atomic E-state index is -0.0991. The first-order chi connectivity index (χ1) is 18.8. The fraction of sp³-hybridized carbons (Fsp3) is 0.171. The van der Waals surface area contributed by atoms with Crippen LogP contribution in [0, 0.1) is 0 Å². The van der Waals surface area contributed by atoms with Gasteiger partial charge >= 0.3 is 0 Å². The van der Waals surface area contributed by atoms with Crippen molar-refractivity contribution in [1.29, 1.82) is 0 Å². The Morgan fingerprint density at radius 3 is 1.89 bits per heavy atom. The van der Waals surface area contributed by atoms with E-state index in [-0.39, 0.29) is 5.41 Å². The number of unbranched alkanes of at least 4 members (excludes halogenated alkanes) is 2. The number of benzene rings is 4. The Morgan fingerprint density at radius 2 is 1.26 bits per heavy atom. The zero-order valence-corrected chi connectivity index (χ0v) is 22.3. The van der Waals surface area contributed by atoms with Crippen LogP contribution in [0.2, 0.25) is 0 Å². The molecule has 0 saturated carbocycles. The average molecular weight is 514 g/mol. The Labute approximate surface area is 229 Å². The molecular weight excluding hydrogens is 482 g/mol. The van der Waals surface area contributed by atoms with E-state index in [9.17, 15) is 0 Å². The molecule has 6 rings (SSSR count). The van der Waals surface area contributed by atoms with Crippen LogP contribution in [-0.2, 0) is 5.41 Å². The summed E-state index contributed by atoms with van der Waals surface area (Å²) in [6.45, 7) is 4.30. The molecule has 0 bridgehead atoms. The topological polar surface area (TPSA) is 26.0 Å². The van der Waals surface area contributed by atoms with Gasteiger partial charge in [0.1, 0.15) is 5.69 Å². The number of hydrogen-bond donors (Lipinski definition) is 0. The number of oxazole rings is 1. The second-order valence-electron chi connectivity index (χ2n) is 9.82. The van der Waals surface area contributed by atoms with Gasteiger partial charge < -0.3 is 4.42 Å². The van der Waals surface area contributed by atoms with Crippen molar-refractivity contribution in [3.8, 4) is 33.7 Å². The van der Waals surface area contributed by atoms with Crippen LogP contribution in [0.15, 0.2) is 131 Å². The van der Waals surface area contributed by atoms with Gasteiger partial charge in [0.25, 0.3) is 5.22 Å². The summed E-state index contributed by atoms with van der Waals surface area (Å²) in [5.41, 5.74) is 8.44. The number of nitrogens with zero attached hydrogens (tertiary/aromatic N) is 1. The second kappa shape index (κ2) is 10.9. The SMILES string of the molecule is C=CC1(CCCCCSc2nc(-c3ccccc3)c(-c3ccccc3)o2)c2ccccc2-c2ccccc21. The standard InChI is InChI=1S/C35H31NOS/c1-2-35(30-22-12-10-20-28(30)29-21-11-13-23-31(29)35)24-14-5-15-25-38-34-36-32(26-16-6-3-7-17-26)33(37-34)27-18-8-4-9-19-27/h2-4,6-13,16-23H,1,5,14-15,24-25H2. The normalized spacial score (nSPS) is 13.2. The predicted molar refractivity (Wildman–Crippen MR) is 159 cm³/mol. The Kier molecular flexibility index (Phi) is 7.02. The third-order valence-electron chi connectivity index (χ3n) is 7.59. The molecule has 3 heteroatoms. The van der Waals surface area contributed by atoms with Crippen molar-refractivity contribution in [3.63, 3.8) is 0 Å². The average Bonchev–Trinajstić information content (AvgIpc) is 3.54. The summed E-state index contributed by atoms with van der Waals surface area (Å²) in [4.78, 5) is 4.90. The number of rotatable bonds is 10. The molecule has 0 radical (unpaired) electrons. The van der Waals surface area contributed by atoms with Gasteiger partial charge in [-0.05, 0) is 35.1 Å². The molecule has 2 nitrogen and oxygen atoms in total. The molecule has 0 N–H and O–H groups in total. The molecule has 1 aromatic heterocycles. The van der Waals surface area contributed by atoms with E-state index >= 15 is 0 Å². The van der Waals surface area contributed by atoms with Crippen LogP contribution in [0.5, 0.6) is 0 Å². The van der Waals surface area contributed by atoms with Crippen molar-refractivity contribution in [1.82, 2.24) is 4.98 Å². The molecule has 0 amide bonds. The minimum absolute atomic E-state index is 0.0991. The van der Waals surface area contributed by atoms with Crippen LogP contribution in [0.25, 0.3) is 33.7 Å². The largest absolute Gasteiger partial charge is 0.431 e. The Bertz CT molecular complexity index is 1430. The molecule has 0 saturated heterocycles. The second-order valence-corrected chi connectivity index (χ2v) is 10.9. The van der Waals surface area contributed by atoms with Crippen LogP contribution in [0.4, 0.5) is 0 Å². The Hall–Kier alpha value is -3.82. The van der Waals surface area contributed by atoms with Crippen molar-refractivity contribution in [2.75, 3.05) is 5.75 Å². The van der Waals surface area contributed by atoms with Gasteiger partial charge in [-0.15, -0.1) is 6.58 Å². The van der Waals surface area contributed by atoms with Crippen molar-refractivity contribution in [3.05, 3.63) is 133 Å². The first kappa shape index (κ1) is 24.5. The van der Waals surface area contributed by atoms with Crippen LogP contribution >= 0.6 is 11.8 Å². The van der Waals surface area contributed by atoms with E-state index in [0.29, 0.717) is 0 Å². The van der Waals surface area contributed by atoms with E-state index in [1.807, 2.05) is 36.4 Å². The first-order valence-corrected chi connectivity index (χ1v) is 14.4. The summed E-state index contributed by atoms with van der Waals surface area (Å²) >= 11 is 1.71. The molecule has 1 heterocycles. The maximum absolute atomic E-state index is 6.29. The number of hydrogen-bond acceptors (Lipinski definition) is 3. The van der Waals surface area contributed by atoms with Gasteiger partial charge in [-0.1, -0.05) is 140 Å². The number of thioether (sulfide) groups is 1. The lowest BCUT2D eigenvalue weighted by molar-refractivity contribution is 0.465. The lowest BCUT2D eigenvalue weighted by Gasteiger charge is -2.28. The third-order valence-corrected chi connectivity index (χ3v) is 8.50. The minimum Gasteiger partial charge on any atom is -0.431 e. The molecule has 1 aliphatic carbocycles. The fourth-order valence-corrected chi connectivity index (χ4v) is 6.55. The molecule has 0 atom stereocenters. The molecule has 1 aliphatic rings. The Balaban J connectivity index is 1.11. The smallest absolute Gasteiger partial charge is 0.256 e. The third kappa shape index (κ3) is 4.52. The molecule has 0 aliphatic heterocycles. The molecule has 5 aromatic rings. The van der Waals surface area contributed by atoms with E-state index < -0.39 is 0 Å². The fourth-order valence-electron chi connectivity index (χ4n) is 5.73. The van der Waals surface area contributed by atoms with Crippen molar-refractivity contribution in [2.24, 2.45) is 0 Å². The highest BCUT2D eigenvalue weighted by Gasteiger charge is 2.39. The van der Waals surface area contributed by atoms with Gasteiger partial charge in [0.05, 0.1) is 0 Å². The maximum atomic E-state index is 6.29. The zero-order chi connectivity index (χ0) is 25.8. The monoisotopic (exact) mass is 513 g/mol.